The van der Waals surface area contributed by atoms with Crippen LogP contribution in [0.4, 0.5) is 0 Å². The number of likely N-dealkylation sites (tertiary alicyclic amines) is 1. The molecule has 0 spiro atoms. The predicted octanol–water partition coefficient (Wildman–Crippen LogP) is 5.46. The molecule has 7 nitrogen and oxygen atoms in total. The highest BCUT2D eigenvalue weighted by Gasteiger charge is 2.46. The van der Waals surface area contributed by atoms with E-state index in [1.54, 1.807) is 37.4 Å². The van der Waals surface area contributed by atoms with Gasteiger partial charge in [-0.05, 0) is 46.9 Å². The molecule has 0 radical (unpaired) electrons. The second-order valence-electron chi connectivity index (χ2n) is 9.16. The molecule has 1 heterocycles. The van der Waals surface area contributed by atoms with Crippen molar-refractivity contribution in [3.63, 3.8) is 0 Å². The molecule has 192 valence electrons. The minimum Gasteiger partial charge on any atom is -0.507 e. The molecule has 1 aliphatic heterocycles. The summed E-state index contributed by atoms with van der Waals surface area (Å²) >= 11 is 0. The van der Waals surface area contributed by atoms with Crippen LogP contribution in [0.1, 0.15) is 48.1 Å². The number of hydrogen-bond acceptors (Lipinski definition) is 6. The molecule has 3 aromatic rings. The van der Waals surface area contributed by atoms with Crippen molar-refractivity contribution in [2.45, 2.75) is 32.4 Å². The first-order valence-corrected chi connectivity index (χ1v) is 12.0. The Balaban J connectivity index is 1.86. The lowest BCUT2D eigenvalue weighted by molar-refractivity contribution is -0.140. The highest BCUT2D eigenvalue weighted by Crippen LogP contribution is 2.42. The first-order valence-electron chi connectivity index (χ1n) is 12.0. The topological polar surface area (TPSA) is 85.3 Å². The summed E-state index contributed by atoms with van der Waals surface area (Å²) in [5.41, 5.74) is 3.00. The summed E-state index contributed by atoms with van der Waals surface area (Å²) in [7, 11) is 4.58. The Hall–Kier alpha value is -4.26. The Morgan fingerprint density at radius 2 is 1.49 bits per heavy atom. The van der Waals surface area contributed by atoms with Crippen molar-refractivity contribution in [2.24, 2.45) is 0 Å². The number of carbonyl (C=O) groups is 2. The Kier molecular flexibility index (Phi) is 7.53. The Morgan fingerprint density at radius 1 is 0.865 bits per heavy atom. The van der Waals surface area contributed by atoms with E-state index in [0.717, 1.165) is 16.7 Å². The first-order chi connectivity index (χ1) is 17.8. The molecular formula is C30H31NO6. The van der Waals surface area contributed by atoms with Gasteiger partial charge in [0.2, 0.25) is 0 Å². The number of methoxy groups -OCH3 is 3. The van der Waals surface area contributed by atoms with Gasteiger partial charge in [-0.1, -0.05) is 50.2 Å². The number of aliphatic hydroxyl groups excluding tert-OH is 1. The zero-order valence-corrected chi connectivity index (χ0v) is 21.6. The van der Waals surface area contributed by atoms with Crippen molar-refractivity contribution in [3.05, 3.63) is 94.6 Å². The van der Waals surface area contributed by atoms with Crippen molar-refractivity contribution >= 4 is 17.4 Å². The van der Waals surface area contributed by atoms with Crippen LogP contribution in [0, 0.1) is 0 Å². The number of Topliss-reactive ketones (excluding diaryl/α,β-unsaturated/α-hetero) is 1. The number of amides is 1. The number of ketones is 1. The second kappa shape index (κ2) is 10.8. The number of benzene rings is 3. The van der Waals surface area contributed by atoms with Gasteiger partial charge in [-0.2, -0.15) is 0 Å². The minimum atomic E-state index is -0.782. The minimum absolute atomic E-state index is 0.0132. The van der Waals surface area contributed by atoms with E-state index in [2.05, 4.69) is 13.8 Å². The molecule has 3 aromatic carbocycles. The van der Waals surface area contributed by atoms with Gasteiger partial charge in [0.25, 0.3) is 11.7 Å². The molecule has 1 N–H and O–H groups in total. The van der Waals surface area contributed by atoms with Gasteiger partial charge in [0.1, 0.15) is 23.0 Å². The van der Waals surface area contributed by atoms with E-state index < -0.39 is 17.7 Å². The third-order valence-electron chi connectivity index (χ3n) is 6.63. The maximum Gasteiger partial charge on any atom is 0.295 e. The number of ether oxygens (including phenoxy) is 3. The molecule has 0 saturated carbocycles. The van der Waals surface area contributed by atoms with Crippen LogP contribution in [0.3, 0.4) is 0 Å². The monoisotopic (exact) mass is 501 g/mol. The van der Waals surface area contributed by atoms with Gasteiger partial charge >= 0.3 is 0 Å². The van der Waals surface area contributed by atoms with E-state index in [1.165, 1.54) is 19.1 Å². The van der Waals surface area contributed by atoms with Gasteiger partial charge in [0.15, 0.2) is 0 Å². The molecule has 0 bridgehead atoms. The summed E-state index contributed by atoms with van der Waals surface area (Å²) in [6.45, 7) is 4.38. The SMILES string of the molecule is COc1ccc(CN2C(=O)C(=O)/C(=C(\O)c3ccc(OC)cc3OC)C2c2ccc(C(C)C)cc2)cc1. The van der Waals surface area contributed by atoms with Gasteiger partial charge in [0.05, 0.1) is 38.5 Å². The van der Waals surface area contributed by atoms with E-state index >= 15 is 0 Å². The molecule has 7 heteroatoms. The predicted molar refractivity (Wildman–Crippen MR) is 141 cm³/mol. The highest BCUT2D eigenvalue weighted by molar-refractivity contribution is 6.46. The summed E-state index contributed by atoms with van der Waals surface area (Å²) in [6, 6.07) is 19.2. The zero-order valence-electron chi connectivity index (χ0n) is 21.6. The van der Waals surface area contributed by atoms with Crippen molar-refractivity contribution in [1.82, 2.24) is 4.90 Å². The number of aliphatic hydroxyl groups is 1. The van der Waals surface area contributed by atoms with E-state index in [-0.39, 0.29) is 17.9 Å². The van der Waals surface area contributed by atoms with Crippen LogP contribution in [0.25, 0.3) is 5.76 Å². The fraction of sp³-hybridized carbons (Fsp3) is 0.267. The smallest absolute Gasteiger partial charge is 0.295 e. The fourth-order valence-electron chi connectivity index (χ4n) is 4.52. The lowest BCUT2D eigenvalue weighted by atomic mass is 9.93. The molecule has 1 saturated heterocycles. The molecule has 1 amide bonds. The zero-order chi connectivity index (χ0) is 26.7. The van der Waals surface area contributed by atoms with E-state index in [9.17, 15) is 14.7 Å². The quantitative estimate of drug-likeness (QED) is 0.251. The molecule has 1 fully saturated rings. The lowest BCUT2D eigenvalue weighted by Crippen LogP contribution is -2.29. The van der Waals surface area contributed by atoms with Crippen LogP contribution >= 0.6 is 0 Å². The van der Waals surface area contributed by atoms with Crippen LogP contribution in [0.2, 0.25) is 0 Å². The Morgan fingerprint density at radius 3 is 2.05 bits per heavy atom. The van der Waals surface area contributed by atoms with Gasteiger partial charge in [-0.25, -0.2) is 0 Å². The molecule has 37 heavy (non-hydrogen) atoms. The lowest BCUT2D eigenvalue weighted by Gasteiger charge is -2.26. The van der Waals surface area contributed by atoms with Crippen molar-refractivity contribution in [2.75, 3.05) is 21.3 Å². The number of rotatable bonds is 8. The van der Waals surface area contributed by atoms with Gasteiger partial charge < -0.3 is 24.2 Å². The number of hydrogen-bond donors (Lipinski definition) is 1. The Labute approximate surface area is 216 Å². The molecule has 1 atom stereocenters. The summed E-state index contributed by atoms with van der Waals surface area (Å²) in [5, 5.41) is 11.5. The number of carbonyl (C=O) groups excluding carboxylic acids is 2. The third kappa shape index (κ3) is 5.03. The van der Waals surface area contributed by atoms with Crippen LogP contribution in [-0.4, -0.2) is 43.0 Å². The maximum absolute atomic E-state index is 13.4. The summed E-state index contributed by atoms with van der Waals surface area (Å²) in [6.07, 6.45) is 0. The molecule has 1 unspecified atom stereocenters. The number of nitrogens with zero attached hydrogens (tertiary/aromatic N) is 1. The average molecular weight is 502 g/mol. The van der Waals surface area contributed by atoms with Crippen LogP contribution in [0.15, 0.2) is 72.3 Å². The van der Waals surface area contributed by atoms with Crippen LogP contribution in [-0.2, 0) is 16.1 Å². The van der Waals surface area contributed by atoms with Gasteiger partial charge in [-0.15, -0.1) is 0 Å². The van der Waals surface area contributed by atoms with Gasteiger partial charge in [0, 0.05) is 12.6 Å². The highest BCUT2D eigenvalue weighted by atomic mass is 16.5. The third-order valence-corrected chi connectivity index (χ3v) is 6.63. The average Bonchev–Trinajstić information content (AvgIpc) is 3.17. The summed E-state index contributed by atoms with van der Waals surface area (Å²) < 4.78 is 16.0. The maximum atomic E-state index is 13.4. The Bertz CT molecular complexity index is 1330. The largest absolute Gasteiger partial charge is 0.507 e. The summed E-state index contributed by atoms with van der Waals surface area (Å²) in [4.78, 5) is 28.3. The molecule has 0 aliphatic carbocycles. The van der Waals surface area contributed by atoms with Crippen molar-refractivity contribution < 1.29 is 28.9 Å². The normalized spacial score (nSPS) is 16.8. The fourth-order valence-corrected chi connectivity index (χ4v) is 4.52. The molecular weight excluding hydrogens is 470 g/mol. The van der Waals surface area contributed by atoms with E-state index in [4.69, 9.17) is 14.2 Å². The van der Waals surface area contributed by atoms with E-state index in [0.29, 0.717) is 28.7 Å². The molecule has 1 aliphatic rings. The molecule has 0 aromatic heterocycles. The van der Waals surface area contributed by atoms with Crippen LogP contribution in [0.5, 0.6) is 17.2 Å². The van der Waals surface area contributed by atoms with Crippen molar-refractivity contribution in [1.29, 1.82) is 0 Å². The van der Waals surface area contributed by atoms with Gasteiger partial charge in [-0.3, -0.25) is 9.59 Å². The van der Waals surface area contributed by atoms with E-state index in [1.807, 2.05) is 36.4 Å². The first kappa shape index (κ1) is 25.8. The second-order valence-corrected chi connectivity index (χ2v) is 9.16. The van der Waals surface area contributed by atoms with Crippen LogP contribution < -0.4 is 14.2 Å². The molecule has 4 rings (SSSR count). The summed E-state index contributed by atoms with van der Waals surface area (Å²) in [5.74, 6) is 0.153. The standard InChI is InChI=1S/C30H31NO6/c1-18(2)20-8-10-21(11-9-20)27-26(28(32)24-15-14-23(36-4)16-25(24)37-5)29(33)30(34)31(27)17-19-6-12-22(35-3)13-7-19/h6-16,18,27,32H,17H2,1-5H3/b28-26-. The van der Waals surface area contributed by atoms with Crippen molar-refractivity contribution in [3.8, 4) is 17.2 Å².